The molecule has 1 saturated heterocycles. The van der Waals surface area contributed by atoms with Gasteiger partial charge in [0.2, 0.25) is 5.91 Å². The third-order valence-corrected chi connectivity index (χ3v) is 3.08. The minimum atomic E-state index is 0.0236. The molecule has 1 aromatic rings. The number of hydrogen-bond donors (Lipinski definition) is 2. The smallest absolute Gasteiger partial charge is 0.237 e. The molecular weight excluding hydrogens is 216 g/mol. The Morgan fingerprint density at radius 3 is 3.24 bits per heavy atom. The van der Waals surface area contributed by atoms with Crippen LogP contribution in [0.5, 0.6) is 0 Å². The third kappa shape index (κ3) is 3.56. The molecule has 2 N–H and O–H groups in total. The summed E-state index contributed by atoms with van der Waals surface area (Å²) in [5.41, 5.74) is 0. The first-order valence-corrected chi connectivity index (χ1v) is 6.22. The molecule has 1 aromatic heterocycles. The van der Waals surface area contributed by atoms with Crippen molar-refractivity contribution < 1.29 is 4.79 Å². The predicted octanol–water partition coefficient (Wildman–Crippen LogP) is 0.387. The van der Waals surface area contributed by atoms with Gasteiger partial charge in [-0.05, 0) is 25.3 Å². The van der Waals surface area contributed by atoms with Gasteiger partial charge in [-0.25, -0.2) is 4.98 Å². The highest BCUT2D eigenvalue weighted by molar-refractivity contribution is 5.81. The Morgan fingerprint density at radius 1 is 1.71 bits per heavy atom. The molecule has 2 rings (SSSR count). The molecule has 0 saturated carbocycles. The number of carbonyl (C=O) groups excluding carboxylic acids is 1. The van der Waals surface area contributed by atoms with Gasteiger partial charge >= 0.3 is 0 Å². The van der Waals surface area contributed by atoms with Crippen LogP contribution in [-0.2, 0) is 11.3 Å². The highest BCUT2D eigenvalue weighted by Crippen LogP contribution is 2.05. The van der Waals surface area contributed by atoms with Gasteiger partial charge in [0, 0.05) is 25.5 Å². The monoisotopic (exact) mass is 236 g/mol. The Kier molecular flexibility index (Phi) is 4.14. The average molecular weight is 236 g/mol. The minimum absolute atomic E-state index is 0.0236. The van der Waals surface area contributed by atoms with Crippen LogP contribution in [0.3, 0.4) is 0 Å². The van der Waals surface area contributed by atoms with E-state index in [2.05, 4.69) is 22.5 Å². The van der Waals surface area contributed by atoms with E-state index < -0.39 is 0 Å². The molecule has 1 fully saturated rings. The lowest BCUT2D eigenvalue weighted by molar-refractivity contribution is -0.122. The van der Waals surface area contributed by atoms with Gasteiger partial charge in [-0.2, -0.15) is 0 Å². The number of amides is 1. The first-order valence-electron chi connectivity index (χ1n) is 6.22. The zero-order chi connectivity index (χ0) is 12.1. The maximum atomic E-state index is 11.8. The fraction of sp³-hybridized carbons (Fsp3) is 0.667. The van der Waals surface area contributed by atoms with E-state index in [9.17, 15) is 4.79 Å². The van der Waals surface area contributed by atoms with E-state index in [0.29, 0.717) is 5.92 Å². The Hall–Kier alpha value is -1.36. The normalized spacial score (nSPS) is 21.4. The topological polar surface area (TPSA) is 59.0 Å². The predicted molar refractivity (Wildman–Crippen MR) is 65.4 cm³/mol. The summed E-state index contributed by atoms with van der Waals surface area (Å²) < 4.78 is 2.03. The molecule has 0 aromatic carbocycles. The summed E-state index contributed by atoms with van der Waals surface area (Å²) in [7, 11) is 0. The van der Waals surface area contributed by atoms with Crippen LogP contribution in [0.15, 0.2) is 18.7 Å². The second-order valence-corrected chi connectivity index (χ2v) is 4.76. The van der Waals surface area contributed by atoms with Crippen LogP contribution in [0.2, 0.25) is 0 Å². The second-order valence-electron chi connectivity index (χ2n) is 4.76. The maximum absolute atomic E-state index is 11.8. The Bertz CT molecular complexity index is 343. The Balaban J connectivity index is 1.68. The van der Waals surface area contributed by atoms with E-state index in [1.54, 1.807) is 12.5 Å². The molecule has 0 bridgehead atoms. The lowest BCUT2D eigenvalue weighted by Gasteiger charge is -2.15. The number of nitrogens with zero attached hydrogens (tertiary/aromatic N) is 2. The quantitative estimate of drug-likeness (QED) is 0.777. The van der Waals surface area contributed by atoms with Crippen molar-refractivity contribution in [2.24, 2.45) is 5.92 Å². The van der Waals surface area contributed by atoms with E-state index in [4.69, 9.17) is 0 Å². The van der Waals surface area contributed by atoms with Gasteiger partial charge in [-0.15, -0.1) is 0 Å². The molecule has 0 aliphatic carbocycles. The molecule has 0 spiro atoms. The van der Waals surface area contributed by atoms with Crippen LogP contribution >= 0.6 is 0 Å². The molecule has 1 unspecified atom stereocenters. The number of rotatable bonds is 5. The van der Waals surface area contributed by atoms with Gasteiger partial charge in [0.25, 0.3) is 0 Å². The van der Waals surface area contributed by atoms with Crippen LogP contribution in [0.25, 0.3) is 0 Å². The molecule has 94 valence electrons. The summed E-state index contributed by atoms with van der Waals surface area (Å²) in [6.45, 7) is 4.69. The van der Waals surface area contributed by atoms with E-state index in [-0.39, 0.29) is 11.9 Å². The van der Waals surface area contributed by atoms with Crippen LogP contribution < -0.4 is 10.6 Å². The number of nitrogens with one attached hydrogen (secondary N) is 2. The first kappa shape index (κ1) is 12.1. The molecule has 2 heterocycles. The molecule has 1 aliphatic heterocycles. The lowest BCUT2D eigenvalue weighted by Crippen LogP contribution is -2.42. The summed E-state index contributed by atoms with van der Waals surface area (Å²) in [6, 6.07) is 0.0236. The van der Waals surface area contributed by atoms with Crippen molar-refractivity contribution in [3.63, 3.8) is 0 Å². The lowest BCUT2D eigenvalue weighted by atomic mass is 10.1. The van der Waals surface area contributed by atoms with Gasteiger partial charge in [-0.1, -0.05) is 6.92 Å². The number of hydrogen-bond acceptors (Lipinski definition) is 3. The van der Waals surface area contributed by atoms with E-state index >= 15 is 0 Å². The summed E-state index contributed by atoms with van der Waals surface area (Å²) in [5, 5.41) is 6.20. The maximum Gasteiger partial charge on any atom is 0.237 e. The van der Waals surface area contributed by atoms with Gasteiger partial charge in [-0.3, -0.25) is 4.79 Å². The summed E-state index contributed by atoms with van der Waals surface area (Å²) in [6.07, 6.45) is 7.58. The average Bonchev–Trinajstić information content (AvgIpc) is 2.97. The second kappa shape index (κ2) is 5.82. The van der Waals surface area contributed by atoms with E-state index in [0.717, 1.165) is 32.5 Å². The first-order chi connectivity index (χ1) is 8.25. The van der Waals surface area contributed by atoms with Gasteiger partial charge < -0.3 is 15.2 Å². The van der Waals surface area contributed by atoms with Crippen LogP contribution in [-0.4, -0.2) is 34.6 Å². The van der Waals surface area contributed by atoms with Crippen LogP contribution in [0, 0.1) is 5.92 Å². The molecule has 1 aliphatic rings. The van der Waals surface area contributed by atoms with Gasteiger partial charge in [0.15, 0.2) is 0 Å². The van der Waals surface area contributed by atoms with Crippen molar-refractivity contribution in [2.75, 3.05) is 13.1 Å². The van der Waals surface area contributed by atoms with Crippen molar-refractivity contribution in [2.45, 2.75) is 32.4 Å². The standard InChI is InChI=1S/C12H20N4O/c1-10(8-16-6-5-13-9-16)7-15-12(17)11-3-2-4-14-11/h5-6,9-11,14H,2-4,7-8H2,1H3,(H,15,17)/t10?,11-/m0/s1. The summed E-state index contributed by atoms with van der Waals surface area (Å²) in [5.74, 6) is 0.550. The number of imidazole rings is 1. The van der Waals surface area contributed by atoms with E-state index in [1.807, 2.05) is 10.8 Å². The fourth-order valence-electron chi connectivity index (χ4n) is 2.13. The van der Waals surface area contributed by atoms with Crippen molar-refractivity contribution in [1.82, 2.24) is 20.2 Å². The molecule has 1 amide bonds. The SMILES string of the molecule is CC(CNC(=O)[C@@H]1CCCN1)Cn1ccnc1. The highest BCUT2D eigenvalue weighted by atomic mass is 16.2. The zero-order valence-corrected chi connectivity index (χ0v) is 10.2. The fourth-order valence-corrected chi connectivity index (χ4v) is 2.13. The van der Waals surface area contributed by atoms with Crippen molar-refractivity contribution in [3.8, 4) is 0 Å². The minimum Gasteiger partial charge on any atom is -0.354 e. The highest BCUT2D eigenvalue weighted by Gasteiger charge is 2.21. The van der Waals surface area contributed by atoms with Crippen LogP contribution in [0.1, 0.15) is 19.8 Å². The van der Waals surface area contributed by atoms with Crippen molar-refractivity contribution in [3.05, 3.63) is 18.7 Å². The Morgan fingerprint density at radius 2 is 2.59 bits per heavy atom. The van der Waals surface area contributed by atoms with Gasteiger partial charge in [0.05, 0.1) is 12.4 Å². The largest absolute Gasteiger partial charge is 0.354 e. The van der Waals surface area contributed by atoms with Crippen molar-refractivity contribution in [1.29, 1.82) is 0 Å². The number of carbonyl (C=O) groups is 1. The third-order valence-electron chi connectivity index (χ3n) is 3.08. The van der Waals surface area contributed by atoms with Crippen LogP contribution in [0.4, 0.5) is 0 Å². The molecular formula is C12H20N4O. The van der Waals surface area contributed by atoms with Crippen molar-refractivity contribution >= 4 is 5.91 Å². The molecule has 5 nitrogen and oxygen atoms in total. The molecule has 17 heavy (non-hydrogen) atoms. The zero-order valence-electron chi connectivity index (χ0n) is 10.2. The number of aromatic nitrogens is 2. The van der Waals surface area contributed by atoms with E-state index in [1.165, 1.54) is 0 Å². The Labute approximate surface area is 102 Å². The summed E-state index contributed by atoms with van der Waals surface area (Å²) in [4.78, 5) is 15.8. The molecule has 5 heteroatoms. The van der Waals surface area contributed by atoms with Gasteiger partial charge in [0.1, 0.15) is 0 Å². The molecule has 2 atom stereocenters. The molecule has 0 radical (unpaired) electrons. The summed E-state index contributed by atoms with van der Waals surface area (Å²) >= 11 is 0.